The molecule has 2 N–H and O–H groups in total. The summed E-state index contributed by atoms with van der Waals surface area (Å²) in [6.45, 7) is 0. The van der Waals surface area contributed by atoms with Crippen LogP contribution < -0.4 is 15.4 Å². The molecule has 0 bridgehead atoms. The molecule has 12 heteroatoms. The summed E-state index contributed by atoms with van der Waals surface area (Å²) in [5, 5.41) is 13.5. The first kappa shape index (κ1) is 24.1. The van der Waals surface area contributed by atoms with Gasteiger partial charge in [-0.2, -0.15) is 13.2 Å². The second-order valence-corrected chi connectivity index (χ2v) is 7.77. The second-order valence-electron chi connectivity index (χ2n) is 6.83. The molecule has 0 fully saturated rings. The number of thioether (sulfide) groups is 1. The van der Waals surface area contributed by atoms with E-state index in [0.717, 1.165) is 23.9 Å². The highest BCUT2D eigenvalue weighted by Crippen LogP contribution is 2.30. The third kappa shape index (κ3) is 6.72. The Labute approximate surface area is 191 Å². The number of ether oxygens (including phenoxy) is 1. The van der Waals surface area contributed by atoms with Crippen molar-refractivity contribution in [2.24, 2.45) is 7.05 Å². The SMILES string of the molecule is COc1ccc(NC(=O)CSc2nnc(CC(=O)Nc3cccc(C(F)(F)F)c3)n2C)cc1. The number of nitrogens with zero attached hydrogens (tertiary/aromatic N) is 3. The van der Waals surface area contributed by atoms with Crippen molar-refractivity contribution in [1.29, 1.82) is 0 Å². The minimum atomic E-state index is -4.50. The lowest BCUT2D eigenvalue weighted by molar-refractivity contribution is -0.137. The van der Waals surface area contributed by atoms with Gasteiger partial charge in [0.2, 0.25) is 11.8 Å². The number of hydrogen-bond acceptors (Lipinski definition) is 6. The van der Waals surface area contributed by atoms with Gasteiger partial charge in [-0.1, -0.05) is 17.8 Å². The number of aromatic nitrogens is 3. The van der Waals surface area contributed by atoms with E-state index in [9.17, 15) is 22.8 Å². The van der Waals surface area contributed by atoms with E-state index in [1.165, 1.54) is 12.1 Å². The number of carbonyl (C=O) groups is 2. The average Bonchev–Trinajstić information content (AvgIpc) is 3.11. The molecule has 0 unspecified atom stereocenters. The van der Waals surface area contributed by atoms with Gasteiger partial charge in [-0.15, -0.1) is 10.2 Å². The fraction of sp³-hybridized carbons (Fsp3) is 0.238. The van der Waals surface area contributed by atoms with E-state index in [4.69, 9.17) is 4.74 Å². The first-order chi connectivity index (χ1) is 15.7. The van der Waals surface area contributed by atoms with E-state index in [-0.39, 0.29) is 23.8 Å². The van der Waals surface area contributed by atoms with E-state index in [1.54, 1.807) is 43.0 Å². The number of anilines is 2. The van der Waals surface area contributed by atoms with Crippen molar-refractivity contribution in [3.05, 3.63) is 59.9 Å². The van der Waals surface area contributed by atoms with Gasteiger partial charge >= 0.3 is 6.18 Å². The monoisotopic (exact) mass is 479 g/mol. The molecule has 3 rings (SSSR count). The van der Waals surface area contributed by atoms with Crippen LogP contribution in [-0.4, -0.2) is 39.4 Å². The van der Waals surface area contributed by atoms with Crippen LogP contribution in [0.4, 0.5) is 24.5 Å². The molecule has 0 saturated carbocycles. The van der Waals surface area contributed by atoms with Gasteiger partial charge in [0.05, 0.1) is 24.8 Å². The minimum absolute atomic E-state index is 0.0294. The molecule has 2 amide bonds. The van der Waals surface area contributed by atoms with Gasteiger partial charge in [0, 0.05) is 18.4 Å². The molecule has 0 atom stereocenters. The number of rotatable bonds is 8. The minimum Gasteiger partial charge on any atom is -0.497 e. The largest absolute Gasteiger partial charge is 0.497 e. The van der Waals surface area contributed by atoms with Crippen molar-refractivity contribution in [1.82, 2.24) is 14.8 Å². The molecule has 33 heavy (non-hydrogen) atoms. The average molecular weight is 479 g/mol. The van der Waals surface area contributed by atoms with Gasteiger partial charge in [0.25, 0.3) is 0 Å². The number of benzene rings is 2. The maximum atomic E-state index is 12.8. The number of amides is 2. The van der Waals surface area contributed by atoms with Crippen LogP contribution >= 0.6 is 11.8 Å². The van der Waals surface area contributed by atoms with E-state index in [2.05, 4.69) is 20.8 Å². The Hall–Kier alpha value is -3.54. The number of hydrogen-bond donors (Lipinski definition) is 2. The van der Waals surface area contributed by atoms with Crippen molar-refractivity contribution in [2.75, 3.05) is 23.5 Å². The maximum absolute atomic E-state index is 12.8. The van der Waals surface area contributed by atoms with E-state index < -0.39 is 17.6 Å². The molecule has 0 saturated heterocycles. The summed E-state index contributed by atoms with van der Waals surface area (Å²) in [6, 6.07) is 11.2. The maximum Gasteiger partial charge on any atom is 0.416 e. The summed E-state index contributed by atoms with van der Waals surface area (Å²) >= 11 is 1.13. The van der Waals surface area contributed by atoms with Gasteiger partial charge in [-0.3, -0.25) is 9.59 Å². The fourth-order valence-electron chi connectivity index (χ4n) is 2.75. The summed E-state index contributed by atoms with van der Waals surface area (Å²) in [7, 11) is 3.19. The fourth-order valence-corrected chi connectivity index (χ4v) is 3.48. The van der Waals surface area contributed by atoms with Crippen LogP contribution in [0.1, 0.15) is 11.4 Å². The highest BCUT2D eigenvalue weighted by Gasteiger charge is 2.30. The predicted octanol–water partition coefficient (Wildman–Crippen LogP) is 3.75. The van der Waals surface area contributed by atoms with Gasteiger partial charge in [0.15, 0.2) is 5.16 Å². The zero-order valence-corrected chi connectivity index (χ0v) is 18.5. The van der Waals surface area contributed by atoms with Crippen LogP contribution in [-0.2, 0) is 29.2 Å². The number of nitrogens with one attached hydrogen (secondary N) is 2. The summed E-state index contributed by atoms with van der Waals surface area (Å²) in [4.78, 5) is 24.4. The van der Waals surface area contributed by atoms with Crippen LogP contribution in [0.3, 0.4) is 0 Å². The molecule has 174 valence electrons. The number of carbonyl (C=O) groups excluding carboxylic acids is 2. The molecule has 0 aliphatic rings. The molecule has 0 aliphatic carbocycles. The lowest BCUT2D eigenvalue weighted by Crippen LogP contribution is -2.18. The Morgan fingerprint density at radius 1 is 1.03 bits per heavy atom. The zero-order chi connectivity index (χ0) is 24.0. The first-order valence-electron chi connectivity index (χ1n) is 9.58. The normalized spacial score (nSPS) is 11.2. The molecule has 3 aromatic rings. The molecule has 8 nitrogen and oxygen atoms in total. The highest BCUT2D eigenvalue weighted by molar-refractivity contribution is 7.99. The smallest absolute Gasteiger partial charge is 0.416 e. The summed E-state index contributed by atoms with van der Waals surface area (Å²) < 4.78 is 45.1. The summed E-state index contributed by atoms with van der Waals surface area (Å²) in [5.74, 6) is 0.244. The molecular weight excluding hydrogens is 459 g/mol. The molecular formula is C21H20F3N5O3S. The van der Waals surface area contributed by atoms with Crippen LogP contribution in [0.15, 0.2) is 53.7 Å². The van der Waals surface area contributed by atoms with Gasteiger partial charge in [-0.25, -0.2) is 0 Å². The number of methoxy groups -OCH3 is 1. The molecule has 1 aromatic heterocycles. The Bertz CT molecular complexity index is 1130. The molecule has 1 heterocycles. The van der Waals surface area contributed by atoms with Crippen LogP contribution in [0.25, 0.3) is 0 Å². The van der Waals surface area contributed by atoms with Crippen molar-refractivity contribution in [2.45, 2.75) is 17.8 Å². The topological polar surface area (TPSA) is 98.1 Å². The third-order valence-electron chi connectivity index (χ3n) is 4.42. The third-order valence-corrected chi connectivity index (χ3v) is 5.44. The Balaban J connectivity index is 1.53. The summed E-state index contributed by atoms with van der Waals surface area (Å²) in [5.41, 5.74) is -0.210. The summed E-state index contributed by atoms with van der Waals surface area (Å²) in [6.07, 6.45) is -4.70. The Kier molecular flexibility index (Phi) is 7.59. The quantitative estimate of drug-likeness (QED) is 0.478. The predicted molar refractivity (Wildman–Crippen MR) is 117 cm³/mol. The van der Waals surface area contributed by atoms with Crippen molar-refractivity contribution in [3.63, 3.8) is 0 Å². The van der Waals surface area contributed by atoms with Crippen molar-refractivity contribution >= 4 is 35.0 Å². The Morgan fingerprint density at radius 3 is 2.39 bits per heavy atom. The Morgan fingerprint density at radius 2 is 1.73 bits per heavy atom. The molecule has 0 radical (unpaired) electrons. The number of alkyl halides is 3. The van der Waals surface area contributed by atoms with Crippen molar-refractivity contribution < 1.29 is 27.5 Å². The van der Waals surface area contributed by atoms with E-state index >= 15 is 0 Å². The van der Waals surface area contributed by atoms with Gasteiger partial charge in [-0.05, 0) is 42.5 Å². The van der Waals surface area contributed by atoms with E-state index in [1.807, 2.05) is 0 Å². The first-order valence-corrected chi connectivity index (χ1v) is 10.6. The lowest BCUT2D eigenvalue weighted by Gasteiger charge is -2.10. The molecule has 0 aliphatic heterocycles. The number of halogens is 3. The standard InChI is InChI=1S/C21H20F3N5O3S/c1-29-17(11-18(30)26-15-5-3-4-13(10-15)21(22,23)24)27-28-20(29)33-12-19(31)25-14-6-8-16(32-2)9-7-14/h3-10H,11-12H2,1-2H3,(H,25,31)(H,26,30). The van der Waals surface area contributed by atoms with Crippen LogP contribution in [0.2, 0.25) is 0 Å². The van der Waals surface area contributed by atoms with Crippen molar-refractivity contribution in [3.8, 4) is 5.75 Å². The second kappa shape index (κ2) is 10.4. The van der Waals surface area contributed by atoms with Crippen LogP contribution in [0, 0.1) is 0 Å². The van der Waals surface area contributed by atoms with Gasteiger partial charge in [0.1, 0.15) is 11.6 Å². The van der Waals surface area contributed by atoms with E-state index in [0.29, 0.717) is 22.4 Å². The lowest BCUT2D eigenvalue weighted by atomic mass is 10.2. The zero-order valence-electron chi connectivity index (χ0n) is 17.6. The van der Waals surface area contributed by atoms with Crippen LogP contribution in [0.5, 0.6) is 5.75 Å². The molecule has 2 aromatic carbocycles. The highest BCUT2D eigenvalue weighted by atomic mass is 32.2. The van der Waals surface area contributed by atoms with Gasteiger partial charge < -0.3 is 19.9 Å². The molecule has 0 spiro atoms.